The van der Waals surface area contributed by atoms with Crippen molar-refractivity contribution in [3.05, 3.63) is 0 Å². The van der Waals surface area contributed by atoms with Gasteiger partial charge in [0.15, 0.2) is 0 Å². The summed E-state index contributed by atoms with van der Waals surface area (Å²) in [5.74, 6) is 0.266. The van der Waals surface area contributed by atoms with E-state index in [1.807, 2.05) is 4.81 Å². The molecule has 1 saturated heterocycles. The summed E-state index contributed by atoms with van der Waals surface area (Å²) in [6, 6.07) is -0.345. The van der Waals surface area contributed by atoms with Gasteiger partial charge in [0.25, 0.3) is 0 Å². The lowest BCUT2D eigenvalue weighted by atomic mass is 9.77. The lowest BCUT2D eigenvalue weighted by Crippen LogP contribution is -2.48. The van der Waals surface area contributed by atoms with Crippen molar-refractivity contribution in [3.63, 3.8) is 0 Å². The van der Waals surface area contributed by atoms with Gasteiger partial charge in [0.2, 0.25) is 0 Å². The number of hydrogen-bond acceptors (Lipinski definition) is 5. The van der Waals surface area contributed by atoms with Crippen LogP contribution in [0.3, 0.4) is 0 Å². The van der Waals surface area contributed by atoms with Crippen LogP contribution in [0.5, 0.6) is 0 Å². The molecule has 2 unspecified atom stereocenters. The molecule has 0 radical (unpaired) electrons. The zero-order valence-corrected chi connectivity index (χ0v) is 11.1. The van der Waals surface area contributed by atoms with Crippen molar-refractivity contribution in [2.45, 2.75) is 45.2 Å². The summed E-state index contributed by atoms with van der Waals surface area (Å²) < 4.78 is 5.13. The molecule has 1 aliphatic heterocycles. The summed E-state index contributed by atoms with van der Waals surface area (Å²) in [5.41, 5.74) is 0. The fraction of sp³-hybridized carbons (Fsp3) is 0.917. The quantitative estimate of drug-likeness (QED) is 0.553. The minimum atomic E-state index is -0.651. The number of nitrogens with zero attached hydrogens (tertiary/aromatic N) is 1. The van der Waals surface area contributed by atoms with Gasteiger partial charge in [0, 0.05) is 0 Å². The topological polar surface area (TPSA) is 70.0 Å². The monoisotopic (exact) mass is 255 g/mol. The summed E-state index contributed by atoms with van der Waals surface area (Å²) in [6.07, 6.45) is 2.04. The highest BCUT2D eigenvalue weighted by molar-refractivity contribution is 6.45. The molecule has 2 fully saturated rings. The van der Waals surface area contributed by atoms with Crippen LogP contribution >= 0.6 is 0 Å². The van der Waals surface area contributed by atoms with E-state index in [0.717, 1.165) is 19.3 Å². The molecule has 0 aromatic heterocycles. The molecular weight excluding hydrogens is 233 g/mol. The fourth-order valence-electron chi connectivity index (χ4n) is 3.44. The van der Waals surface area contributed by atoms with E-state index in [4.69, 9.17) is 4.74 Å². The van der Waals surface area contributed by atoms with E-state index in [2.05, 4.69) is 0 Å². The standard InChI is InChI=1S/C12H22BNO4/c1-3-18-12(16)11-10-5-4-9(15)6-8(10)7-14(11)13(2)17/h8-11,15,17H,3-7H2,1-2H3/t8-,9?,10-,11?/m0/s1. The minimum Gasteiger partial charge on any atom is -0.465 e. The lowest BCUT2D eigenvalue weighted by molar-refractivity contribution is -0.149. The van der Waals surface area contributed by atoms with Crippen molar-refractivity contribution in [2.24, 2.45) is 11.8 Å². The Hall–Kier alpha value is -0.585. The number of ether oxygens (including phenoxy) is 1. The van der Waals surface area contributed by atoms with Crippen LogP contribution in [0.2, 0.25) is 6.82 Å². The van der Waals surface area contributed by atoms with Crippen LogP contribution in [0.4, 0.5) is 0 Å². The highest BCUT2D eigenvalue weighted by atomic mass is 16.5. The molecule has 102 valence electrons. The summed E-state index contributed by atoms with van der Waals surface area (Å²) in [4.78, 5) is 13.9. The van der Waals surface area contributed by atoms with Gasteiger partial charge in [-0.15, -0.1) is 0 Å². The van der Waals surface area contributed by atoms with Crippen LogP contribution in [0.15, 0.2) is 0 Å². The van der Waals surface area contributed by atoms with E-state index in [1.54, 1.807) is 13.7 Å². The van der Waals surface area contributed by atoms with Crippen LogP contribution < -0.4 is 0 Å². The van der Waals surface area contributed by atoms with Crippen LogP contribution in [0, 0.1) is 11.8 Å². The fourth-order valence-corrected chi connectivity index (χ4v) is 3.44. The van der Waals surface area contributed by atoms with Crippen molar-refractivity contribution in [3.8, 4) is 0 Å². The maximum absolute atomic E-state index is 12.1. The number of aliphatic hydroxyl groups excluding tert-OH is 1. The Bertz CT molecular complexity index is 312. The van der Waals surface area contributed by atoms with E-state index in [-0.39, 0.29) is 30.0 Å². The molecule has 5 nitrogen and oxygen atoms in total. The number of rotatable bonds is 3. The molecule has 0 amide bonds. The van der Waals surface area contributed by atoms with Gasteiger partial charge in [0.05, 0.1) is 12.7 Å². The molecule has 6 heteroatoms. The molecule has 0 aromatic rings. The Balaban J connectivity index is 2.14. The van der Waals surface area contributed by atoms with E-state index < -0.39 is 7.05 Å². The van der Waals surface area contributed by atoms with Crippen molar-refractivity contribution >= 4 is 13.0 Å². The molecule has 1 heterocycles. The lowest BCUT2D eigenvalue weighted by Gasteiger charge is -2.31. The number of hydrogen-bond donors (Lipinski definition) is 2. The zero-order chi connectivity index (χ0) is 13.3. The highest BCUT2D eigenvalue weighted by Crippen LogP contribution is 2.41. The predicted octanol–water partition coefficient (Wildman–Crippen LogP) is 0.121. The Labute approximate surface area is 108 Å². The van der Waals surface area contributed by atoms with Gasteiger partial charge in [-0.1, -0.05) is 0 Å². The van der Waals surface area contributed by atoms with Gasteiger partial charge >= 0.3 is 13.0 Å². The third kappa shape index (κ3) is 2.55. The molecule has 1 aliphatic carbocycles. The minimum absolute atomic E-state index is 0.210. The Morgan fingerprint density at radius 3 is 2.83 bits per heavy atom. The number of esters is 1. The summed E-state index contributed by atoms with van der Waals surface area (Å²) in [7, 11) is -0.651. The average molecular weight is 255 g/mol. The van der Waals surface area contributed by atoms with E-state index in [9.17, 15) is 14.9 Å². The largest absolute Gasteiger partial charge is 0.465 e. The first-order valence-electron chi connectivity index (χ1n) is 6.83. The zero-order valence-electron chi connectivity index (χ0n) is 11.1. The van der Waals surface area contributed by atoms with Gasteiger partial charge in [-0.3, -0.25) is 4.79 Å². The van der Waals surface area contributed by atoms with Gasteiger partial charge in [-0.25, -0.2) is 0 Å². The third-order valence-corrected chi connectivity index (χ3v) is 4.23. The molecule has 0 aromatic carbocycles. The average Bonchev–Trinajstić information content (AvgIpc) is 2.67. The SMILES string of the molecule is CCOC(=O)C1[C@H]2CCC(O)C[C@H]2CN1B(C)O. The van der Waals surface area contributed by atoms with Crippen molar-refractivity contribution in [1.29, 1.82) is 0 Å². The molecule has 2 N–H and O–H groups in total. The summed E-state index contributed by atoms with van der Waals surface area (Å²) in [5, 5.41) is 19.5. The number of carbonyl (C=O) groups is 1. The molecular formula is C12H22BNO4. The normalized spacial score (nSPS) is 36.2. The smallest absolute Gasteiger partial charge is 0.377 e. The maximum Gasteiger partial charge on any atom is 0.377 e. The van der Waals surface area contributed by atoms with Gasteiger partial charge in [0.1, 0.15) is 6.04 Å². The van der Waals surface area contributed by atoms with Crippen molar-refractivity contribution in [2.75, 3.05) is 13.2 Å². The first-order chi connectivity index (χ1) is 8.54. The summed E-state index contributed by atoms with van der Waals surface area (Å²) in [6.45, 7) is 4.51. The molecule has 4 atom stereocenters. The Morgan fingerprint density at radius 1 is 1.50 bits per heavy atom. The van der Waals surface area contributed by atoms with E-state index in [1.165, 1.54) is 0 Å². The number of fused-ring (bicyclic) bond motifs is 1. The summed E-state index contributed by atoms with van der Waals surface area (Å²) >= 11 is 0. The van der Waals surface area contributed by atoms with Crippen LogP contribution in [0.1, 0.15) is 26.2 Å². The molecule has 2 aliphatic rings. The maximum atomic E-state index is 12.1. The van der Waals surface area contributed by atoms with E-state index >= 15 is 0 Å². The highest BCUT2D eigenvalue weighted by Gasteiger charge is 2.50. The van der Waals surface area contributed by atoms with Gasteiger partial charge < -0.3 is 19.7 Å². The molecule has 0 bridgehead atoms. The van der Waals surface area contributed by atoms with Crippen LogP contribution in [-0.4, -0.2) is 53.3 Å². The first-order valence-corrected chi connectivity index (χ1v) is 6.83. The Morgan fingerprint density at radius 2 is 2.22 bits per heavy atom. The van der Waals surface area contributed by atoms with Gasteiger partial charge in [-0.2, -0.15) is 0 Å². The number of aliphatic hydroxyl groups is 1. The second kappa shape index (κ2) is 5.59. The van der Waals surface area contributed by atoms with Gasteiger partial charge in [-0.05, 0) is 51.4 Å². The predicted molar refractivity (Wildman–Crippen MR) is 67.8 cm³/mol. The number of carbonyl (C=O) groups excluding carboxylic acids is 1. The molecule has 0 spiro atoms. The molecule has 2 rings (SSSR count). The van der Waals surface area contributed by atoms with E-state index in [0.29, 0.717) is 13.2 Å². The van der Waals surface area contributed by atoms with Crippen molar-refractivity contribution in [1.82, 2.24) is 4.81 Å². The third-order valence-electron chi connectivity index (χ3n) is 4.23. The molecule has 18 heavy (non-hydrogen) atoms. The van der Waals surface area contributed by atoms with Crippen LogP contribution in [0.25, 0.3) is 0 Å². The second-order valence-electron chi connectivity index (χ2n) is 5.42. The van der Waals surface area contributed by atoms with Crippen LogP contribution in [-0.2, 0) is 9.53 Å². The second-order valence-corrected chi connectivity index (χ2v) is 5.42. The first kappa shape index (κ1) is 13.8. The molecule has 1 saturated carbocycles. The van der Waals surface area contributed by atoms with Crippen molar-refractivity contribution < 1.29 is 19.7 Å². The Kier molecular flexibility index (Phi) is 4.30.